The number of amides is 1. The first-order chi connectivity index (χ1) is 7.20. The zero-order valence-corrected chi connectivity index (χ0v) is 9.28. The predicted molar refractivity (Wildman–Crippen MR) is 57.4 cm³/mol. The third kappa shape index (κ3) is 2.32. The van der Waals surface area contributed by atoms with Crippen LogP contribution in [0.3, 0.4) is 0 Å². The van der Waals surface area contributed by atoms with E-state index in [0.29, 0.717) is 18.9 Å². The van der Waals surface area contributed by atoms with Crippen LogP contribution in [0.25, 0.3) is 0 Å². The molecule has 0 aliphatic carbocycles. The molecule has 2 N–H and O–H groups in total. The van der Waals surface area contributed by atoms with Gasteiger partial charge in [0.15, 0.2) is 0 Å². The van der Waals surface area contributed by atoms with Crippen LogP contribution in [0.5, 0.6) is 0 Å². The molecule has 0 radical (unpaired) electrons. The van der Waals surface area contributed by atoms with Crippen molar-refractivity contribution in [1.29, 1.82) is 0 Å². The van der Waals surface area contributed by atoms with Crippen LogP contribution in [0.15, 0.2) is 0 Å². The fourth-order valence-electron chi connectivity index (χ4n) is 2.49. The topological polar surface area (TPSA) is 52.6 Å². The SMILES string of the molecule is CCC1CCN(C(=O)[C@H]2C[C@@H](O)CN2)C1. The molecular formula is C11H20N2O2. The zero-order valence-electron chi connectivity index (χ0n) is 9.28. The molecule has 1 amide bonds. The molecule has 0 spiro atoms. The Balaban J connectivity index is 1.86. The highest BCUT2D eigenvalue weighted by Gasteiger charge is 2.34. The summed E-state index contributed by atoms with van der Waals surface area (Å²) in [7, 11) is 0. The van der Waals surface area contributed by atoms with Crippen LogP contribution < -0.4 is 5.32 Å². The molecule has 0 aromatic rings. The van der Waals surface area contributed by atoms with Gasteiger partial charge in [-0.2, -0.15) is 0 Å². The average Bonchev–Trinajstić information content (AvgIpc) is 2.84. The Morgan fingerprint density at radius 3 is 2.93 bits per heavy atom. The number of hydrogen-bond donors (Lipinski definition) is 2. The average molecular weight is 212 g/mol. The van der Waals surface area contributed by atoms with Crippen molar-refractivity contribution >= 4 is 5.91 Å². The van der Waals surface area contributed by atoms with E-state index in [1.54, 1.807) is 0 Å². The van der Waals surface area contributed by atoms with Crippen LogP contribution in [0.4, 0.5) is 0 Å². The van der Waals surface area contributed by atoms with Crippen molar-refractivity contribution in [3.05, 3.63) is 0 Å². The van der Waals surface area contributed by atoms with E-state index in [1.165, 1.54) is 0 Å². The van der Waals surface area contributed by atoms with Crippen molar-refractivity contribution in [3.63, 3.8) is 0 Å². The normalized spacial score (nSPS) is 36.1. The summed E-state index contributed by atoms with van der Waals surface area (Å²) in [5, 5.41) is 12.4. The Morgan fingerprint density at radius 2 is 2.40 bits per heavy atom. The minimum Gasteiger partial charge on any atom is -0.392 e. The zero-order chi connectivity index (χ0) is 10.8. The molecule has 86 valence electrons. The minimum atomic E-state index is -0.344. The standard InChI is InChI=1S/C11H20N2O2/c1-2-8-3-4-13(7-8)11(15)10-5-9(14)6-12-10/h8-10,12,14H,2-7H2,1H3/t8?,9-,10-/m1/s1. The van der Waals surface area contributed by atoms with Gasteiger partial charge >= 0.3 is 0 Å². The molecule has 0 aromatic heterocycles. The Hall–Kier alpha value is -0.610. The quantitative estimate of drug-likeness (QED) is 0.676. The van der Waals surface area contributed by atoms with Gasteiger partial charge in [0.2, 0.25) is 5.91 Å². The van der Waals surface area contributed by atoms with Crippen LogP contribution in [0.1, 0.15) is 26.2 Å². The first-order valence-corrected chi connectivity index (χ1v) is 5.91. The number of carbonyl (C=O) groups excluding carboxylic acids is 1. The summed E-state index contributed by atoms with van der Waals surface area (Å²) < 4.78 is 0. The maximum atomic E-state index is 12.0. The molecule has 0 bridgehead atoms. The maximum Gasteiger partial charge on any atom is 0.239 e. The Morgan fingerprint density at radius 1 is 1.60 bits per heavy atom. The number of aliphatic hydroxyl groups excluding tert-OH is 1. The minimum absolute atomic E-state index is 0.143. The molecule has 4 heteroatoms. The molecule has 3 atom stereocenters. The lowest BCUT2D eigenvalue weighted by Gasteiger charge is -2.20. The summed E-state index contributed by atoms with van der Waals surface area (Å²) in [6, 6.07) is -0.143. The number of hydrogen-bond acceptors (Lipinski definition) is 3. The summed E-state index contributed by atoms with van der Waals surface area (Å²) in [6.07, 6.45) is 2.53. The van der Waals surface area contributed by atoms with E-state index in [4.69, 9.17) is 0 Å². The Kier molecular flexibility index (Phi) is 3.26. The van der Waals surface area contributed by atoms with E-state index in [1.807, 2.05) is 4.90 Å². The molecular weight excluding hydrogens is 192 g/mol. The van der Waals surface area contributed by atoms with Crippen LogP contribution in [0, 0.1) is 5.92 Å². The van der Waals surface area contributed by atoms with Gasteiger partial charge in [-0.05, 0) is 18.8 Å². The van der Waals surface area contributed by atoms with Crippen LogP contribution in [-0.4, -0.2) is 47.7 Å². The van der Waals surface area contributed by atoms with Crippen LogP contribution >= 0.6 is 0 Å². The molecule has 0 aromatic carbocycles. The van der Waals surface area contributed by atoms with Crippen molar-refractivity contribution in [2.75, 3.05) is 19.6 Å². The first-order valence-electron chi connectivity index (χ1n) is 5.91. The van der Waals surface area contributed by atoms with Crippen LogP contribution in [-0.2, 0) is 4.79 Å². The number of nitrogens with one attached hydrogen (secondary N) is 1. The number of aliphatic hydroxyl groups is 1. The summed E-state index contributed by atoms with van der Waals surface area (Å²) in [5.41, 5.74) is 0. The fourth-order valence-corrected chi connectivity index (χ4v) is 2.49. The smallest absolute Gasteiger partial charge is 0.239 e. The molecule has 2 heterocycles. The van der Waals surface area contributed by atoms with Gasteiger partial charge < -0.3 is 15.3 Å². The summed E-state index contributed by atoms with van der Waals surface area (Å²) in [4.78, 5) is 14.0. The number of β-amino-alcohol motifs (C(OH)–C–C–N with tert-alkyl or cyclic N) is 1. The van der Waals surface area contributed by atoms with E-state index in [-0.39, 0.29) is 18.1 Å². The van der Waals surface area contributed by atoms with Crippen LogP contribution in [0.2, 0.25) is 0 Å². The van der Waals surface area contributed by atoms with Crippen molar-refractivity contribution in [1.82, 2.24) is 10.2 Å². The van der Waals surface area contributed by atoms with Gasteiger partial charge in [0.25, 0.3) is 0 Å². The van der Waals surface area contributed by atoms with E-state index < -0.39 is 0 Å². The van der Waals surface area contributed by atoms with Crippen molar-refractivity contribution < 1.29 is 9.90 Å². The van der Waals surface area contributed by atoms with Gasteiger partial charge in [0, 0.05) is 19.6 Å². The molecule has 1 unspecified atom stereocenters. The van der Waals surface area contributed by atoms with Gasteiger partial charge in [-0.3, -0.25) is 4.79 Å². The third-order valence-corrected chi connectivity index (χ3v) is 3.58. The summed E-state index contributed by atoms with van der Waals surface area (Å²) >= 11 is 0. The first kappa shape index (κ1) is 10.9. The number of rotatable bonds is 2. The highest BCUT2D eigenvalue weighted by molar-refractivity contribution is 5.82. The predicted octanol–water partition coefficient (Wildman–Crippen LogP) is -0.0323. The lowest BCUT2D eigenvalue weighted by Crippen LogP contribution is -2.42. The summed E-state index contributed by atoms with van der Waals surface area (Å²) in [5.74, 6) is 0.864. The molecule has 15 heavy (non-hydrogen) atoms. The van der Waals surface area contributed by atoms with Crippen molar-refractivity contribution in [2.45, 2.75) is 38.3 Å². The van der Waals surface area contributed by atoms with Gasteiger partial charge in [0.05, 0.1) is 12.1 Å². The fraction of sp³-hybridized carbons (Fsp3) is 0.909. The molecule has 2 fully saturated rings. The molecule has 2 aliphatic heterocycles. The second kappa shape index (κ2) is 4.49. The number of likely N-dealkylation sites (tertiary alicyclic amines) is 1. The number of carbonyl (C=O) groups is 1. The molecule has 2 rings (SSSR count). The van der Waals surface area contributed by atoms with E-state index >= 15 is 0 Å². The monoisotopic (exact) mass is 212 g/mol. The molecule has 4 nitrogen and oxygen atoms in total. The lowest BCUT2D eigenvalue weighted by molar-refractivity contribution is -0.132. The number of nitrogens with zero attached hydrogens (tertiary/aromatic N) is 1. The maximum absolute atomic E-state index is 12.0. The van der Waals surface area contributed by atoms with E-state index in [0.717, 1.165) is 25.9 Å². The molecule has 2 saturated heterocycles. The van der Waals surface area contributed by atoms with Gasteiger partial charge in [-0.1, -0.05) is 13.3 Å². The second-order valence-corrected chi connectivity index (χ2v) is 4.70. The highest BCUT2D eigenvalue weighted by atomic mass is 16.3. The van der Waals surface area contributed by atoms with E-state index in [2.05, 4.69) is 12.2 Å². The highest BCUT2D eigenvalue weighted by Crippen LogP contribution is 2.21. The van der Waals surface area contributed by atoms with Gasteiger partial charge in [0.1, 0.15) is 0 Å². The Bertz CT molecular complexity index is 245. The third-order valence-electron chi connectivity index (χ3n) is 3.58. The van der Waals surface area contributed by atoms with Gasteiger partial charge in [-0.25, -0.2) is 0 Å². The summed E-state index contributed by atoms with van der Waals surface area (Å²) in [6.45, 7) is 4.53. The molecule has 2 aliphatic rings. The Labute approximate surface area is 90.6 Å². The van der Waals surface area contributed by atoms with Crippen molar-refractivity contribution in [2.24, 2.45) is 5.92 Å². The van der Waals surface area contributed by atoms with E-state index in [9.17, 15) is 9.90 Å². The largest absolute Gasteiger partial charge is 0.392 e. The molecule has 0 saturated carbocycles. The van der Waals surface area contributed by atoms with Crippen molar-refractivity contribution in [3.8, 4) is 0 Å². The lowest BCUT2D eigenvalue weighted by atomic mass is 10.1. The second-order valence-electron chi connectivity index (χ2n) is 4.70. The van der Waals surface area contributed by atoms with Gasteiger partial charge in [-0.15, -0.1) is 0 Å².